The number of hydrogen-bond acceptors (Lipinski definition) is 5. The van der Waals surface area contributed by atoms with E-state index in [-0.39, 0.29) is 0 Å². The van der Waals surface area contributed by atoms with Gasteiger partial charge in [0.2, 0.25) is 0 Å². The molecule has 1 aliphatic heterocycles. The molecule has 0 radical (unpaired) electrons. The van der Waals surface area contributed by atoms with E-state index in [1.807, 2.05) is 6.07 Å². The van der Waals surface area contributed by atoms with Gasteiger partial charge in [-0.05, 0) is 19.8 Å². The number of nitrogen functional groups attached to an aromatic ring is 1. The second-order valence-corrected chi connectivity index (χ2v) is 5.58. The molecule has 94 valence electrons. The molecule has 2 atom stereocenters. The van der Waals surface area contributed by atoms with Crippen LogP contribution in [0.1, 0.15) is 32.5 Å². The summed E-state index contributed by atoms with van der Waals surface area (Å²) < 4.78 is 5.55. The number of nitrogens with two attached hydrogens (primary N) is 1. The lowest BCUT2D eigenvalue weighted by molar-refractivity contribution is 0.127. The minimum Gasteiger partial charge on any atom is -0.384 e. The standard InChI is InChI=1S/C12H19N3OS/c1-3-4-11-14-10(13)7-12(15-11)17-9-5-6-16-8(9)2/h7-9H,3-6H2,1-2H3,(H2,13,14,15). The summed E-state index contributed by atoms with van der Waals surface area (Å²) in [5.41, 5.74) is 5.80. The second kappa shape index (κ2) is 5.69. The second-order valence-electron chi connectivity index (χ2n) is 4.32. The van der Waals surface area contributed by atoms with Crippen LogP contribution in [0.15, 0.2) is 11.1 Å². The molecule has 0 aromatic carbocycles. The molecule has 0 amide bonds. The van der Waals surface area contributed by atoms with Gasteiger partial charge in [-0.3, -0.25) is 0 Å². The predicted octanol–water partition coefficient (Wildman–Crippen LogP) is 2.28. The molecule has 1 aliphatic rings. The lowest BCUT2D eigenvalue weighted by Gasteiger charge is -2.13. The van der Waals surface area contributed by atoms with Gasteiger partial charge >= 0.3 is 0 Å². The fraction of sp³-hybridized carbons (Fsp3) is 0.667. The summed E-state index contributed by atoms with van der Waals surface area (Å²) in [5, 5.41) is 1.46. The first-order valence-corrected chi connectivity index (χ1v) is 6.98. The van der Waals surface area contributed by atoms with Crippen LogP contribution in [0.2, 0.25) is 0 Å². The minimum atomic E-state index is 0.297. The summed E-state index contributed by atoms with van der Waals surface area (Å²) in [6.45, 7) is 5.08. The van der Waals surface area contributed by atoms with Gasteiger partial charge in [0.15, 0.2) is 0 Å². The van der Waals surface area contributed by atoms with Crippen molar-refractivity contribution in [1.82, 2.24) is 9.97 Å². The van der Waals surface area contributed by atoms with Gasteiger partial charge in [0.05, 0.1) is 6.10 Å². The third-order valence-corrected chi connectivity index (χ3v) is 4.19. The SMILES string of the molecule is CCCc1nc(N)cc(SC2CCOC2C)n1. The molecule has 1 saturated heterocycles. The number of hydrogen-bond donors (Lipinski definition) is 1. The van der Waals surface area contributed by atoms with Crippen molar-refractivity contribution in [3.63, 3.8) is 0 Å². The van der Waals surface area contributed by atoms with E-state index < -0.39 is 0 Å². The molecule has 17 heavy (non-hydrogen) atoms. The molecule has 0 spiro atoms. The molecule has 0 saturated carbocycles. The fourth-order valence-electron chi connectivity index (χ4n) is 1.91. The highest BCUT2D eigenvalue weighted by Gasteiger charge is 2.25. The third kappa shape index (κ3) is 3.33. The summed E-state index contributed by atoms with van der Waals surface area (Å²) in [7, 11) is 0. The van der Waals surface area contributed by atoms with Crippen LogP contribution in [0.25, 0.3) is 0 Å². The predicted molar refractivity (Wildman–Crippen MR) is 70.1 cm³/mol. The molecule has 2 rings (SSSR count). The van der Waals surface area contributed by atoms with Crippen LogP contribution in [0.3, 0.4) is 0 Å². The molecular weight excluding hydrogens is 234 g/mol. The Kier molecular flexibility index (Phi) is 4.23. The van der Waals surface area contributed by atoms with Gasteiger partial charge in [-0.25, -0.2) is 9.97 Å². The fourth-order valence-corrected chi connectivity index (χ4v) is 3.05. The Morgan fingerprint density at radius 1 is 1.53 bits per heavy atom. The summed E-state index contributed by atoms with van der Waals surface area (Å²) >= 11 is 1.76. The first-order chi connectivity index (χ1) is 8.19. The molecule has 2 unspecified atom stereocenters. The van der Waals surface area contributed by atoms with Crippen LogP contribution in [-0.4, -0.2) is 27.9 Å². The van der Waals surface area contributed by atoms with Crippen LogP contribution in [0.4, 0.5) is 5.82 Å². The minimum absolute atomic E-state index is 0.297. The zero-order valence-electron chi connectivity index (χ0n) is 10.3. The van der Waals surface area contributed by atoms with Crippen molar-refractivity contribution in [2.24, 2.45) is 0 Å². The molecule has 2 N–H and O–H groups in total. The van der Waals surface area contributed by atoms with Crippen LogP contribution in [0.5, 0.6) is 0 Å². The maximum Gasteiger partial charge on any atom is 0.132 e. The number of anilines is 1. The number of thioether (sulfide) groups is 1. The Labute approximate surface area is 106 Å². The first kappa shape index (κ1) is 12.6. The van der Waals surface area contributed by atoms with E-state index in [0.717, 1.165) is 36.7 Å². The maximum atomic E-state index is 5.80. The van der Waals surface area contributed by atoms with Gasteiger partial charge in [-0.1, -0.05) is 6.92 Å². The lowest BCUT2D eigenvalue weighted by Crippen LogP contribution is -2.13. The zero-order valence-corrected chi connectivity index (χ0v) is 11.2. The zero-order chi connectivity index (χ0) is 12.3. The number of ether oxygens (including phenoxy) is 1. The van der Waals surface area contributed by atoms with Crippen LogP contribution >= 0.6 is 11.8 Å². The largest absolute Gasteiger partial charge is 0.384 e. The Bertz CT molecular complexity index is 386. The molecule has 2 heterocycles. The van der Waals surface area contributed by atoms with E-state index in [1.165, 1.54) is 0 Å². The van der Waals surface area contributed by atoms with Gasteiger partial charge < -0.3 is 10.5 Å². The normalized spacial score (nSPS) is 24.1. The number of rotatable bonds is 4. The highest BCUT2D eigenvalue weighted by atomic mass is 32.2. The molecule has 1 aromatic heterocycles. The monoisotopic (exact) mass is 253 g/mol. The number of aromatic nitrogens is 2. The summed E-state index contributed by atoms with van der Waals surface area (Å²) in [5.74, 6) is 1.42. The maximum absolute atomic E-state index is 5.80. The van der Waals surface area contributed by atoms with E-state index in [9.17, 15) is 0 Å². The molecule has 5 heteroatoms. The summed E-state index contributed by atoms with van der Waals surface area (Å²) in [4.78, 5) is 8.78. The Hall–Kier alpha value is -0.810. The summed E-state index contributed by atoms with van der Waals surface area (Å²) in [6, 6.07) is 1.86. The van der Waals surface area contributed by atoms with Crippen molar-refractivity contribution >= 4 is 17.6 Å². The van der Waals surface area contributed by atoms with Crippen molar-refractivity contribution in [2.75, 3.05) is 12.3 Å². The first-order valence-electron chi connectivity index (χ1n) is 6.10. The van der Waals surface area contributed by atoms with Gasteiger partial charge in [-0.2, -0.15) is 0 Å². The topological polar surface area (TPSA) is 61.0 Å². The van der Waals surface area contributed by atoms with Gasteiger partial charge in [0.25, 0.3) is 0 Å². The number of aryl methyl sites for hydroxylation is 1. The molecule has 0 bridgehead atoms. The highest BCUT2D eigenvalue weighted by molar-refractivity contribution is 7.99. The summed E-state index contributed by atoms with van der Waals surface area (Å²) in [6.07, 6.45) is 3.30. The Morgan fingerprint density at radius 2 is 2.35 bits per heavy atom. The van der Waals surface area contributed by atoms with Crippen molar-refractivity contribution in [3.05, 3.63) is 11.9 Å². The Morgan fingerprint density at radius 3 is 3.00 bits per heavy atom. The Balaban J connectivity index is 2.09. The van der Waals surface area contributed by atoms with Crippen molar-refractivity contribution in [1.29, 1.82) is 0 Å². The van der Waals surface area contributed by atoms with Gasteiger partial charge in [0, 0.05) is 24.3 Å². The smallest absolute Gasteiger partial charge is 0.132 e. The quantitative estimate of drug-likeness (QED) is 0.834. The molecule has 0 aliphatic carbocycles. The van der Waals surface area contributed by atoms with Gasteiger partial charge in [0.1, 0.15) is 16.7 Å². The van der Waals surface area contributed by atoms with E-state index in [0.29, 0.717) is 17.2 Å². The average Bonchev–Trinajstić information content (AvgIpc) is 2.64. The van der Waals surface area contributed by atoms with E-state index in [2.05, 4.69) is 23.8 Å². The third-order valence-electron chi connectivity index (χ3n) is 2.82. The molecule has 1 aromatic rings. The molecule has 4 nitrogen and oxygen atoms in total. The lowest BCUT2D eigenvalue weighted by atomic mass is 10.3. The van der Waals surface area contributed by atoms with Crippen LogP contribution in [-0.2, 0) is 11.2 Å². The average molecular weight is 253 g/mol. The molecular formula is C12H19N3OS. The van der Waals surface area contributed by atoms with Crippen molar-refractivity contribution in [3.8, 4) is 0 Å². The van der Waals surface area contributed by atoms with Crippen LogP contribution in [0, 0.1) is 0 Å². The highest BCUT2D eigenvalue weighted by Crippen LogP contribution is 2.31. The van der Waals surface area contributed by atoms with Crippen molar-refractivity contribution < 1.29 is 4.74 Å². The van der Waals surface area contributed by atoms with Crippen LogP contribution < -0.4 is 5.73 Å². The van der Waals surface area contributed by atoms with Gasteiger partial charge in [-0.15, -0.1) is 11.8 Å². The van der Waals surface area contributed by atoms with E-state index in [1.54, 1.807) is 11.8 Å². The van der Waals surface area contributed by atoms with E-state index in [4.69, 9.17) is 10.5 Å². The van der Waals surface area contributed by atoms with E-state index >= 15 is 0 Å². The molecule has 1 fully saturated rings. The number of nitrogens with zero attached hydrogens (tertiary/aromatic N) is 2. The van der Waals surface area contributed by atoms with Crippen molar-refractivity contribution in [2.45, 2.75) is 49.5 Å².